The van der Waals surface area contributed by atoms with E-state index < -0.39 is 0 Å². The van der Waals surface area contributed by atoms with Crippen LogP contribution in [0.1, 0.15) is 33.1 Å². The molecule has 15 heavy (non-hydrogen) atoms. The minimum atomic E-state index is -0.0718. The van der Waals surface area contributed by atoms with Crippen LogP contribution in [0.4, 0.5) is 0 Å². The van der Waals surface area contributed by atoms with Gasteiger partial charge in [0.1, 0.15) is 0 Å². The molecular formula is C12H25N3. The summed E-state index contributed by atoms with van der Waals surface area (Å²) in [5.74, 6) is 1.58. The van der Waals surface area contributed by atoms with E-state index in [1.54, 1.807) is 0 Å². The summed E-state index contributed by atoms with van der Waals surface area (Å²) in [6, 6.07) is 0.439. The van der Waals surface area contributed by atoms with Crippen molar-refractivity contribution in [3.05, 3.63) is 0 Å². The molecule has 2 fully saturated rings. The maximum atomic E-state index is 6.19. The molecule has 3 heteroatoms. The van der Waals surface area contributed by atoms with Crippen molar-refractivity contribution in [3.8, 4) is 0 Å². The van der Waals surface area contributed by atoms with Crippen LogP contribution in [0.5, 0.6) is 0 Å². The zero-order chi connectivity index (χ0) is 11.1. The Hall–Kier alpha value is -0.120. The molecule has 2 rings (SSSR count). The third-order valence-electron chi connectivity index (χ3n) is 3.86. The van der Waals surface area contributed by atoms with Gasteiger partial charge in [-0.2, -0.15) is 0 Å². The smallest absolute Gasteiger partial charge is 0.0226 e. The van der Waals surface area contributed by atoms with Crippen LogP contribution in [0.25, 0.3) is 0 Å². The van der Waals surface area contributed by atoms with Gasteiger partial charge in [-0.15, -0.1) is 0 Å². The summed E-state index contributed by atoms with van der Waals surface area (Å²) in [5, 5.41) is 0. The second-order valence-corrected chi connectivity index (χ2v) is 6.20. The molecule has 0 bridgehead atoms. The van der Waals surface area contributed by atoms with Crippen LogP contribution in [0.15, 0.2) is 0 Å². The molecular weight excluding hydrogens is 186 g/mol. The van der Waals surface area contributed by atoms with E-state index in [-0.39, 0.29) is 5.54 Å². The molecule has 1 aliphatic carbocycles. The molecule has 3 unspecified atom stereocenters. The predicted molar refractivity (Wildman–Crippen MR) is 63.5 cm³/mol. The summed E-state index contributed by atoms with van der Waals surface area (Å²) in [7, 11) is 0. The van der Waals surface area contributed by atoms with Crippen LogP contribution in [0.2, 0.25) is 0 Å². The Labute approximate surface area is 93.2 Å². The van der Waals surface area contributed by atoms with Gasteiger partial charge in [0.05, 0.1) is 0 Å². The number of fused-ring (bicyclic) bond motifs is 1. The van der Waals surface area contributed by atoms with E-state index in [0.717, 1.165) is 18.4 Å². The predicted octanol–water partition coefficient (Wildman–Crippen LogP) is 0.783. The van der Waals surface area contributed by atoms with Crippen LogP contribution >= 0.6 is 0 Å². The van der Waals surface area contributed by atoms with Gasteiger partial charge in [-0.1, -0.05) is 6.42 Å². The Bertz CT molecular complexity index is 221. The maximum Gasteiger partial charge on any atom is 0.0226 e. The number of nitrogens with two attached hydrogens (primary N) is 2. The Balaban J connectivity index is 1.92. The third kappa shape index (κ3) is 2.71. The van der Waals surface area contributed by atoms with E-state index in [2.05, 4.69) is 18.7 Å². The van der Waals surface area contributed by atoms with E-state index in [0.29, 0.717) is 6.04 Å². The van der Waals surface area contributed by atoms with Crippen molar-refractivity contribution in [1.29, 1.82) is 0 Å². The van der Waals surface area contributed by atoms with Crippen LogP contribution < -0.4 is 11.5 Å². The van der Waals surface area contributed by atoms with E-state index in [4.69, 9.17) is 11.5 Å². The third-order valence-corrected chi connectivity index (χ3v) is 3.86. The van der Waals surface area contributed by atoms with E-state index >= 15 is 0 Å². The highest BCUT2D eigenvalue weighted by Gasteiger charge is 2.39. The summed E-state index contributed by atoms with van der Waals surface area (Å²) in [5.41, 5.74) is 12.2. The Morgan fingerprint density at radius 2 is 2.00 bits per heavy atom. The largest absolute Gasteiger partial charge is 0.327 e. The van der Waals surface area contributed by atoms with Gasteiger partial charge < -0.3 is 16.4 Å². The Morgan fingerprint density at radius 3 is 2.60 bits per heavy atom. The van der Waals surface area contributed by atoms with Gasteiger partial charge in [0.2, 0.25) is 0 Å². The molecule has 4 N–H and O–H groups in total. The molecule has 0 aromatic carbocycles. The molecule has 3 atom stereocenters. The average Bonchev–Trinajstić information content (AvgIpc) is 2.45. The first-order chi connectivity index (χ1) is 6.96. The van der Waals surface area contributed by atoms with Gasteiger partial charge in [-0.3, -0.25) is 0 Å². The number of hydrogen-bond acceptors (Lipinski definition) is 3. The fourth-order valence-corrected chi connectivity index (χ4v) is 3.31. The van der Waals surface area contributed by atoms with Crippen LogP contribution in [0.3, 0.4) is 0 Å². The van der Waals surface area contributed by atoms with Crippen LogP contribution in [-0.2, 0) is 0 Å². The summed E-state index contributed by atoms with van der Waals surface area (Å²) < 4.78 is 0. The summed E-state index contributed by atoms with van der Waals surface area (Å²) >= 11 is 0. The van der Waals surface area contributed by atoms with E-state index in [9.17, 15) is 0 Å². The molecule has 0 aromatic rings. The van der Waals surface area contributed by atoms with Crippen molar-refractivity contribution in [2.45, 2.75) is 44.7 Å². The van der Waals surface area contributed by atoms with Gasteiger partial charge in [0, 0.05) is 31.2 Å². The van der Waals surface area contributed by atoms with E-state index in [1.807, 2.05) is 0 Å². The van der Waals surface area contributed by atoms with E-state index in [1.165, 1.54) is 32.4 Å². The molecule has 2 aliphatic rings. The molecule has 0 amide bonds. The number of nitrogens with zero attached hydrogens (tertiary/aromatic N) is 1. The topological polar surface area (TPSA) is 55.3 Å². The highest BCUT2D eigenvalue weighted by atomic mass is 15.2. The second kappa shape index (κ2) is 4.04. The van der Waals surface area contributed by atoms with Gasteiger partial charge in [0.25, 0.3) is 0 Å². The highest BCUT2D eigenvalue weighted by Crippen LogP contribution is 2.35. The number of likely N-dealkylation sites (tertiary alicyclic amines) is 1. The summed E-state index contributed by atoms with van der Waals surface area (Å²) in [6.45, 7) is 7.61. The second-order valence-electron chi connectivity index (χ2n) is 6.20. The zero-order valence-corrected chi connectivity index (χ0v) is 10.1. The lowest BCUT2D eigenvalue weighted by molar-refractivity contribution is 0.253. The average molecular weight is 211 g/mol. The van der Waals surface area contributed by atoms with Crippen LogP contribution in [0, 0.1) is 11.8 Å². The molecule has 0 spiro atoms. The lowest BCUT2D eigenvalue weighted by atomic mass is 9.78. The summed E-state index contributed by atoms with van der Waals surface area (Å²) in [6.07, 6.45) is 3.92. The Kier molecular flexibility index (Phi) is 3.06. The first-order valence-corrected chi connectivity index (χ1v) is 6.22. The van der Waals surface area contributed by atoms with Gasteiger partial charge in [-0.05, 0) is 38.5 Å². The lowest BCUT2D eigenvalue weighted by Crippen LogP contribution is -2.45. The minimum absolute atomic E-state index is 0.0718. The molecule has 1 saturated carbocycles. The highest BCUT2D eigenvalue weighted by molar-refractivity contribution is 4.94. The quantitative estimate of drug-likeness (QED) is 0.710. The van der Waals surface area contributed by atoms with Gasteiger partial charge >= 0.3 is 0 Å². The van der Waals surface area contributed by atoms with Crippen LogP contribution in [-0.4, -0.2) is 36.1 Å². The molecule has 0 aromatic heterocycles. The molecule has 88 valence electrons. The fourth-order valence-electron chi connectivity index (χ4n) is 3.31. The van der Waals surface area contributed by atoms with Crippen molar-refractivity contribution in [3.63, 3.8) is 0 Å². The standard InChI is InChI=1S/C12H25N3/c1-12(2,14)8-15-6-9-4-3-5-11(13)10(9)7-15/h9-11H,3-8,13-14H2,1-2H3. The van der Waals surface area contributed by atoms with Crippen molar-refractivity contribution < 1.29 is 0 Å². The fraction of sp³-hybridized carbons (Fsp3) is 1.00. The normalized spacial score (nSPS) is 38.0. The molecule has 1 heterocycles. The van der Waals surface area contributed by atoms with Gasteiger partial charge in [0.15, 0.2) is 0 Å². The maximum absolute atomic E-state index is 6.19. The number of hydrogen-bond donors (Lipinski definition) is 2. The first-order valence-electron chi connectivity index (χ1n) is 6.22. The molecule has 3 nitrogen and oxygen atoms in total. The zero-order valence-electron chi connectivity index (χ0n) is 10.1. The SMILES string of the molecule is CC(C)(N)CN1CC2CCCC(N)C2C1. The first kappa shape index (κ1) is 11.4. The van der Waals surface area contributed by atoms with Crippen molar-refractivity contribution in [1.82, 2.24) is 4.90 Å². The summed E-state index contributed by atoms with van der Waals surface area (Å²) in [4.78, 5) is 2.51. The lowest BCUT2D eigenvalue weighted by Gasteiger charge is -2.30. The minimum Gasteiger partial charge on any atom is -0.327 e. The monoisotopic (exact) mass is 211 g/mol. The van der Waals surface area contributed by atoms with Crippen molar-refractivity contribution in [2.24, 2.45) is 23.3 Å². The molecule has 1 saturated heterocycles. The number of rotatable bonds is 2. The molecule has 0 radical (unpaired) electrons. The Morgan fingerprint density at radius 1 is 1.27 bits per heavy atom. The van der Waals surface area contributed by atoms with Crippen molar-refractivity contribution >= 4 is 0 Å². The van der Waals surface area contributed by atoms with Gasteiger partial charge in [-0.25, -0.2) is 0 Å². The van der Waals surface area contributed by atoms with Crippen molar-refractivity contribution in [2.75, 3.05) is 19.6 Å². The molecule has 1 aliphatic heterocycles.